The quantitative estimate of drug-likeness (QED) is 0.520. The molecule has 1 amide bonds. The molecule has 11 heteroatoms. The molecular formula is C24H23N5O5S. The number of benzene rings is 2. The van der Waals surface area contributed by atoms with Crippen molar-refractivity contribution in [3.63, 3.8) is 0 Å². The van der Waals surface area contributed by atoms with Crippen LogP contribution >= 0.6 is 0 Å². The Labute approximate surface area is 201 Å². The number of amides is 1. The van der Waals surface area contributed by atoms with E-state index in [-0.39, 0.29) is 42.7 Å². The second-order valence-electron chi connectivity index (χ2n) is 8.76. The summed E-state index contributed by atoms with van der Waals surface area (Å²) in [5, 5.41) is 11.0. The molecule has 35 heavy (non-hydrogen) atoms. The normalized spacial score (nSPS) is 16.8. The minimum absolute atomic E-state index is 0.0552. The van der Waals surface area contributed by atoms with Gasteiger partial charge in [-0.25, -0.2) is 17.8 Å². The van der Waals surface area contributed by atoms with Crippen molar-refractivity contribution in [2.75, 3.05) is 26.2 Å². The minimum atomic E-state index is -3.74. The van der Waals surface area contributed by atoms with Crippen LogP contribution in [0.15, 0.2) is 63.1 Å². The third-order valence-electron chi connectivity index (χ3n) is 6.50. The molecule has 1 saturated carbocycles. The van der Waals surface area contributed by atoms with E-state index < -0.39 is 33.7 Å². The molecule has 2 fully saturated rings. The van der Waals surface area contributed by atoms with Crippen LogP contribution in [-0.2, 0) is 21.4 Å². The molecule has 0 bridgehead atoms. The number of aromatic nitrogens is 2. The number of rotatable bonds is 5. The van der Waals surface area contributed by atoms with Crippen LogP contribution in [0, 0.1) is 11.3 Å². The zero-order valence-electron chi connectivity index (χ0n) is 18.8. The predicted octanol–water partition coefficient (Wildman–Crippen LogP) is 0.903. The van der Waals surface area contributed by atoms with Gasteiger partial charge in [-0.05, 0) is 35.7 Å². The Balaban J connectivity index is 1.30. The van der Waals surface area contributed by atoms with Gasteiger partial charge in [-0.2, -0.15) is 9.57 Å². The van der Waals surface area contributed by atoms with Gasteiger partial charge in [0.25, 0.3) is 5.56 Å². The highest BCUT2D eigenvalue weighted by Gasteiger charge is 2.31. The largest absolute Gasteiger partial charge is 0.338 e. The summed E-state index contributed by atoms with van der Waals surface area (Å²) in [7, 11) is -3.74. The molecule has 0 radical (unpaired) electrons. The highest BCUT2D eigenvalue weighted by Crippen LogP contribution is 2.33. The first-order chi connectivity index (χ1) is 16.8. The van der Waals surface area contributed by atoms with Crippen molar-refractivity contribution in [1.82, 2.24) is 18.3 Å². The number of sulfonamides is 1. The van der Waals surface area contributed by atoms with Gasteiger partial charge in [0.15, 0.2) is 0 Å². The summed E-state index contributed by atoms with van der Waals surface area (Å²) in [6.07, 6.45) is 2.83. The number of nitrogens with zero attached hydrogens (tertiary/aromatic N) is 5. The summed E-state index contributed by atoms with van der Waals surface area (Å²) < 4.78 is 29.8. The Morgan fingerprint density at radius 1 is 1.00 bits per heavy atom. The van der Waals surface area contributed by atoms with E-state index >= 15 is 0 Å². The van der Waals surface area contributed by atoms with E-state index in [0.717, 1.165) is 28.2 Å². The van der Waals surface area contributed by atoms with E-state index in [2.05, 4.69) is 0 Å². The van der Waals surface area contributed by atoms with Gasteiger partial charge in [0.05, 0.1) is 4.90 Å². The SMILES string of the molecule is N#Cc1cn(C2CC2)c(=O)n(CC(=O)N2CCN(S(=O)(=O)c3ccc4ccccc4c3)CC2)c1=O. The highest BCUT2D eigenvalue weighted by molar-refractivity contribution is 7.89. The van der Waals surface area contributed by atoms with Crippen LogP contribution in [0.25, 0.3) is 10.8 Å². The summed E-state index contributed by atoms with van der Waals surface area (Å²) in [5.74, 6) is -0.468. The maximum atomic E-state index is 13.2. The lowest BCUT2D eigenvalue weighted by Crippen LogP contribution is -2.52. The molecule has 1 saturated heterocycles. The molecule has 180 valence electrons. The summed E-state index contributed by atoms with van der Waals surface area (Å²) in [4.78, 5) is 39.8. The van der Waals surface area contributed by atoms with Crippen molar-refractivity contribution in [3.8, 4) is 6.07 Å². The fourth-order valence-corrected chi connectivity index (χ4v) is 5.80. The molecule has 0 N–H and O–H groups in total. The van der Waals surface area contributed by atoms with Gasteiger partial charge in [-0.15, -0.1) is 0 Å². The molecule has 1 aliphatic carbocycles. The van der Waals surface area contributed by atoms with Crippen LogP contribution in [0.2, 0.25) is 0 Å². The van der Waals surface area contributed by atoms with Gasteiger partial charge in [-0.3, -0.25) is 14.2 Å². The molecule has 3 aromatic rings. The number of hydrogen-bond acceptors (Lipinski definition) is 6. The van der Waals surface area contributed by atoms with Gasteiger partial charge in [-0.1, -0.05) is 30.3 Å². The topological polar surface area (TPSA) is 125 Å². The van der Waals surface area contributed by atoms with Crippen LogP contribution in [-0.4, -0.2) is 58.8 Å². The molecule has 0 spiro atoms. The van der Waals surface area contributed by atoms with Crippen LogP contribution < -0.4 is 11.2 Å². The molecule has 0 atom stereocenters. The zero-order chi connectivity index (χ0) is 24.7. The number of piperazine rings is 1. The molecule has 2 aliphatic rings. The first kappa shape index (κ1) is 23.0. The van der Waals surface area contributed by atoms with Crippen molar-refractivity contribution in [2.45, 2.75) is 30.3 Å². The monoisotopic (exact) mass is 493 g/mol. The van der Waals surface area contributed by atoms with Crippen molar-refractivity contribution in [1.29, 1.82) is 5.26 Å². The van der Waals surface area contributed by atoms with E-state index in [1.807, 2.05) is 24.3 Å². The Morgan fingerprint density at radius 2 is 1.69 bits per heavy atom. The van der Waals surface area contributed by atoms with E-state index in [1.54, 1.807) is 24.3 Å². The third kappa shape index (κ3) is 4.26. The predicted molar refractivity (Wildman–Crippen MR) is 127 cm³/mol. The van der Waals surface area contributed by atoms with Crippen LogP contribution in [0.5, 0.6) is 0 Å². The smallest absolute Gasteiger partial charge is 0.331 e. The highest BCUT2D eigenvalue weighted by atomic mass is 32.2. The Bertz CT molecular complexity index is 1590. The van der Waals surface area contributed by atoms with Gasteiger partial charge >= 0.3 is 5.69 Å². The molecule has 10 nitrogen and oxygen atoms in total. The standard InChI is InChI=1S/C24H23N5O5S/c25-14-19-15-28(20-6-7-20)24(32)29(23(19)31)16-22(30)26-9-11-27(12-10-26)35(33,34)21-8-5-17-3-1-2-4-18(17)13-21/h1-5,8,13,15,20H,6-7,9-12,16H2. The maximum absolute atomic E-state index is 13.2. The van der Waals surface area contributed by atoms with E-state index in [9.17, 15) is 28.1 Å². The van der Waals surface area contributed by atoms with Crippen LogP contribution in [0.4, 0.5) is 0 Å². The van der Waals surface area contributed by atoms with E-state index in [1.165, 1.54) is 20.0 Å². The van der Waals surface area contributed by atoms with E-state index in [0.29, 0.717) is 0 Å². The van der Waals surface area contributed by atoms with Crippen molar-refractivity contribution in [2.24, 2.45) is 0 Å². The number of nitriles is 1. The van der Waals surface area contributed by atoms with Crippen molar-refractivity contribution >= 4 is 26.7 Å². The summed E-state index contributed by atoms with van der Waals surface area (Å²) in [6, 6.07) is 14.2. The molecular weight excluding hydrogens is 470 g/mol. The van der Waals surface area contributed by atoms with Gasteiger partial charge in [0.1, 0.15) is 18.2 Å². The van der Waals surface area contributed by atoms with E-state index in [4.69, 9.17) is 0 Å². The number of hydrogen-bond donors (Lipinski definition) is 0. The molecule has 2 aromatic carbocycles. The number of carbonyl (C=O) groups is 1. The first-order valence-corrected chi connectivity index (χ1v) is 12.8. The first-order valence-electron chi connectivity index (χ1n) is 11.3. The number of carbonyl (C=O) groups excluding carboxylic acids is 1. The van der Waals surface area contributed by atoms with Crippen LogP contribution in [0.3, 0.4) is 0 Å². The lowest BCUT2D eigenvalue weighted by molar-refractivity contribution is -0.133. The number of fused-ring (bicyclic) bond motifs is 1. The molecule has 0 unspecified atom stereocenters. The average Bonchev–Trinajstić information content (AvgIpc) is 3.72. The molecule has 5 rings (SSSR count). The van der Waals surface area contributed by atoms with Crippen molar-refractivity contribution < 1.29 is 13.2 Å². The van der Waals surface area contributed by atoms with Gasteiger partial charge in [0.2, 0.25) is 15.9 Å². The summed E-state index contributed by atoms with van der Waals surface area (Å²) in [5.41, 5.74) is -1.58. The minimum Gasteiger partial charge on any atom is -0.338 e. The Hall–Kier alpha value is -3.75. The second kappa shape index (κ2) is 8.79. The maximum Gasteiger partial charge on any atom is 0.331 e. The molecule has 1 aromatic heterocycles. The van der Waals surface area contributed by atoms with Gasteiger partial charge < -0.3 is 4.90 Å². The zero-order valence-corrected chi connectivity index (χ0v) is 19.6. The fraction of sp³-hybridized carbons (Fsp3) is 0.333. The fourth-order valence-electron chi connectivity index (χ4n) is 4.34. The second-order valence-corrected chi connectivity index (χ2v) is 10.7. The average molecular weight is 494 g/mol. The lowest BCUT2D eigenvalue weighted by Gasteiger charge is -2.34. The van der Waals surface area contributed by atoms with Gasteiger partial charge in [0, 0.05) is 38.4 Å². The Kier molecular flexibility index (Phi) is 5.78. The Morgan fingerprint density at radius 3 is 2.34 bits per heavy atom. The molecule has 2 heterocycles. The van der Waals surface area contributed by atoms with Crippen molar-refractivity contribution in [3.05, 3.63) is 75.1 Å². The lowest BCUT2D eigenvalue weighted by atomic mass is 10.1. The third-order valence-corrected chi connectivity index (χ3v) is 8.39. The molecule has 1 aliphatic heterocycles. The summed E-state index contributed by atoms with van der Waals surface area (Å²) >= 11 is 0. The summed E-state index contributed by atoms with van der Waals surface area (Å²) in [6.45, 7) is -0.0255. The van der Waals surface area contributed by atoms with Crippen LogP contribution in [0.1, 0.15) is 24.4 Å².